The fourth-order valence-corrected chi connectivity index (χ4v) is 4.23. The molecule has 2 heteroatoms. The number of benzene rings is 2. The second-order valence-corrected chi connectivity index (χ2v) is 6.27. The summed E-state index contributed by atoms with van der Waals surface area (Å²) in [5.74, 6) is 0. The van der Waals surface area contributed by atoms with E-state index in [0.29, 0.717) is 0 Å². The number of aromatic nitrogens is 1. The van der Waals surface area contributed by atoms with Crippen molar-refractivity contribution in [3.8, 4) is 0 Å². The standard InChI is InChI=1S/C19H15NS/c1-3-4-9-17-12(2)13-10-11-16-18(19(13)21-17)14-7-5-6-8-15(14)20-16/h3-11,20H,1H2,2H3/b9-4-. The number of fused-ring (bicyclic) bond motifs is 5. The van der Waals surface area contributed by atoms with Crippen LogP contribution < -0.4 is 0 Å². The first-order valence-corrected chi connectivity index (χ1v) is 7.83. The molecular weight excluding hydrogens is 274 g/mol. The summed E-state index contributed by atoms with van der Waals surface area (Å²) in [6, 6.07) is 12.9. The van der Waals surface area contributed by atoms with Crippen molar-refractivity contribution < 1.29 is 0 Å². The molecule has 0 fully saturated rings. The fraction of sp³-hybridized carbons (Fsp3) is 0.0526. The van der Waals surface area contributed by atoms with Crippen molar-refractivity contribution in [1.29, 1.82) is 0 Å². The fourth-order valence-electron chi connectivity index (χ4n) is 2.94. The lowest BCUT2D eigenvalue weighted by Gasteiger charge is -1.95. The minimum Gasteiger partial charge on any atom is -0.354 e. The highest BCUT2D eigenvalue weighted by atomic mass is 32.1. The van der Waals surface area contributed by atoms with E-state index in [0.717, 1.165) is 0 Å². The Morgan fingerprint density at radius 3 is 2.76 bits per heavy atom. The molecule has 0 saturated carbocycles. The lowest BCUT2D eigenvalue weighted by Crippen LogP contribution is -1.72. The van der Waals surface area contributed by atoms with Gasteiger partial charge in [-0.15, -0.1) is 11.3 Å². The molecule has 0 aliphatic carbocycles. The van der Waals surface area contributed by atoms with Crippen molar-refractivity contribution in [3.05, 3.63) is 65.6 Å². The molecule has 0 bridgehead atoms. The lowest BCUT2D eigenvalue weighted by molar-refractivity contribution is 1.54. The van der Waals surface area contributed by atoms with Crippen molar-refractivity contribution >= 4 is 49.3 Å². The van der Waals surface area contributed by atoms with Crippen LogP contribution in [0.3, 0.4) is 0 Å². The van der Waals surface area contributed by atoms with Gasteiger partial charge in [0.15, 0.2) is 0 Å². The van der Waals surface area contributed by atoms with Gasteiger partial charge < -0.3 is 4.98 Å². The first kappa shape index (κ1) is 12.4. The highest BCUT2D eigenvalue weighted by Crippen LogP contribution is 2.39. The molecule has 1 nitrogen and oxygen atoms in total. The van der Waals surface area contributed by atoms with E-state index in [1.54, 1.807) is 0 Å². The van der Waals surface area contributed by atoms with Crippen LogP contribution in [0.1, 0.15) is 10.4 Å². The van der Waals surface area contributed by atoms with Crippen LogP contribution in [-0.4, -0.2) is 4.98 Å². The number of hydrogen-bond donors (Lipinski definition) is 1. The van der Waals surface area contributed by atoms with E-state index in [1.807, 2.05) is 23.5 Å². The zero-order chi connectivity index (χ0) is 14.4. The molecule has 21 heavy (non-hydrogen) atoms. The third kappa shape index (κ3) is 1.76. The van der Waals surface area contributed by atoms with E-state index in [-0.39, 0.29) is 0 Å². The smallest absolute Gasteiger partial charge is 0.0479 e. The van der Waals surface area contributed by atoms with Gasteiger partial charge in [-0.25, -0.2) is 0 Å². The molecule has 0 amide bonds. The molecule has 0 saturated heterocycles. The van der Waals surface area contributed by atoms with Gasteiger partial charge >= 0.3 is 0 Å². The maximum Gasteiger partial charge on any atom is 0.0479 e. The van der Waals surface area contributed by atoms with Crippen LogP contribution in [0, 0.1) is 6.92 Å². The summed E-state index contributed by atoms with van der Waals surface area (Å²) in [5, 5.41) is 3.99. The molecule has 2 heterocycles. The Morgan fingerprint density at radius 2 is 1.90 bits per heavy atom. The van der Waals surface area contributed by atoms with Crippen molar-refractivity contribution in [2.45, 2.75) is 6.92 Å². The number of para-hydroxylation sites is 1. The molecule has 102 valence electrons. The van der Waals surface area contributed by atoms with Gasteiger partial charge in [-0.05, 0) is 36.1 Å². The van der Waals surface area contributed by atoms with Crippen molar-refractivity contribution in [2.75, 3.05) is 0 Å². The SMILES string of the molecule is C=C/C=C\c1sc2c(ccc3[nH]c4ccccc4c32)c1C. The van der Waals surface area contributed by atoms with Crippen LogP contribution in [0.5, 0.6) is 0 Å². The summed E-state index contributed by atoms with van der Waals surface area (Å²) in [5.41, 5.74) is 3.76. The van der Waals surface area contributed by atoms with Gasteiger partial charge in [-0.3, -0.25) is 0 Å². The molecule has 0 atom stereocenters. The molecule has 0 spiro atoms. The second-order valence-electron chi connectivity index (χ2n) is 5.22. The highest BCUT2D eigenvalue weighted by molar-refractivity contribution is 7.21. The predicted molar refractivity (Wildman–Crippen MR) is 95.2 cm³/mol. The normalized spacial score (nSPS) is 12.0. The molecule has 0 radical (unpaired) electrons. The van der Waals surface area contributed by atoms with E-state index < -0.39 is 0 Å². The van der Waals surface area contributed by atoms with Crippen LogP contribution in [0.2, 0.25) is 0 Å². The average molecular weight is 289 g/mol. The van der Waals surface area contributed by atoms with Crippen LogP contribution in [0.4, 0.5) is 0 Å². The number of aromatic amines is 1. The molecule has 4 aromatic rings. The summed E-state index contributed by atoms with van der Waals surface area (Å²) < 4.78 is 1.37. The van der Waals surface area contributed by atoms with E-state index in [4.69, 9.17) is 0 Å². The number of aryl methyl sites for hydroxylation is 1. The van der Waals surface area contributed by atoms with E-state index in [9.17, 15) is 0 Å². The average Bonchev–Trinajstić information content (AvgIpc) is 3.03. The second kappa shape index (κ2) is 4.61. The molecule has 4 rings (SSSR count). The maximum atomic E-state index is 3.75. The Morgan fingerprint density at radius 1 is 1.05 bits per heavy atom. The molecule has 1 N–H and O–H groups in total. The summed E-state index contributed by atoms with van der Waals surface area (Å²) in [6.45, 7) is 5.95. The first-order chi connectivity index (χ1) is 10.3. The zero-order valence-electron chi connectivity index (χ0n) is 11.8. The number of H-pyrrole nitrogens is 1. The first-order valence-electron chi connectivity index (χ1n) is 7.01. The zero-order valence-corrected chi connectivity index (χ0v) is 12.6. The number of rotatable bonds is 2. The van der Waals surface area contributed by atoms with Crippen LogP contribution in [0.15, 0.2) is 55.1 Å². The number of nitrogens with one attached hydrogen (secondary N) is 1. The summed E-state index contributed by atoms with van der Waals surface area (Å²) in [7, 11) is 0. The molecular formula is C19H15NS. The highest BCUT2D eigenvalue weighted by Gasteiger charge is 2.12. The summed E-state index contributed by atoms with van der Waals surface area (Å²) in [4.78, 5) is 4.82. The Kier molecular flexibility index (Phi) is 2.72. The largest absolute Gasteiger partial charge is 0.354 e. The van der Waals surface area contributed by atoms with Gasteiger partial charge in [0.25, 0.3) is 0 Å². The Hall–Kier alpha value is -2.32. The van der Waals surface area contributed by atoms with Gasteiger partial charge in [-0.2, -0.15) is 0 Å². The van der Waals surface area contributed by atoms with E-state index in [2.05, 4.69) is 61.0 Å². The van der Waals surface area contributed by atoms with E-state index >= 15 is 0 Å². The Labute approximate surface area is 127 Å². The quantitative estimate of drug-likeness (QED) is 0.433. The maximum absolute atomic E-state index is 3.75. The predicted octanol–water partition coefficient (Wildman–Crippen LogP) is 6.04. The summed E-state index contributed by atoms with van der Waals surface area (Å²) in [6.07, 6.45) is 5.98. The van der Waals surface area contributed by atoms with Crippen molar-refractivity contribution in [3.63, 3.8) is 0 Å². The van der Waals surface area contributed by atoms with Crippen LogP contribution in [0.25, 0.3) is 38.0 Å². The number of thiophene rings is 1. The minimum absolute atomic E-state index is 1.20. The van der Waals surface area contributed by atoms with Crippen LogP contribution in [-0.2, 0) is 0 Å². The minimum atomic E-state index is 1.20. The summed E-state index contributed by atoms with van der Waals surface area (Å²) >= 11 is 1.86. The molecule has 0 aliphatic heterocycles. The van der Waals surface area contributed by atoms with Gasteiger partial charge in [0, 0.05) is 31.4 Å². The van der Waals surface area contributed by atoms with Gasteiger partial charge in [0.1, 0.15) is 0 Å². The van der Waals surface area contributed by atoms with Gasteiger partial charge in [-0.1, -0.05) is 43.0 Å². The monoisotopic (exact) mass is 289 g/mol. The third-order valence-corrected chi connectivity index (χ3v) is 5.28. The van der Waals surface area contributed by atoms with Crippen LogP contribution >= 0.6 is 11.3 Å². The molecule has 0 unspecified atom stereocenters. The topological polar surface area (TPSA) is 15.8 Å². The van der Waals surface area contributed by atoms with E-state index in [1.165, 1.54) is 42.3 Å². The molecule has 2 aromatic carbocycles. The number of hydrogen-bond acceptors (Lipinski definition) is 1. The third-order valence-electron chi connectivity index (χ3n) is 3.99. The lowest BCUT2D eigenvalue weighted by atomic mass is 10.1. The molecule has 0 aliphatic rings. The van der Waals surface area contributed by atoms with Gasteiger partial charge in [0.2, 0.25) is 0 Å². The van der Waals surface area contributed by atoms with Crippen molar-refractivity contribution in [1.82, 2.24) is 4.98 Å². The number of allylic oxidation sites excluding steroid dienone is 2. The Bertz CT molecular complexity index is 1010. The Balaban J connectivity index is 2.17. The molecule has 2 aromatic heterocycles. The van der Waals surface area contributed by atoms with Crippen molar-refractivity contribution in [2.24, 2.45) is 0 Å². The van der Waals surface area contributed by atoms with Gasteiger partial charge in [0.05, 0.1) is 0 Å².